The normalized spacial score (nSPS) is 10.1. The third-order valence-electron chi connectivity index (χ3n) is 2.79. The van der Waals surface area contributed by atoms with Crippen LogP contribution in [-0.4, -0.2) is 9.97 Å². The van der Waals surface area contributed by atoms with E-state index in [2.05, 4.69) is 15.3 Å². The fraction of sp³-hybridized carbons (Fsp3) is 0. The highest BCUT2D eigenvalue weighted by Gasteiger charge is 2.02. The summed E-state index contributed by atoms with van der Waals surface area (Å²) in [7, 11) is 0. The minimum atomic E-state index is 0.543. The van der Waals surface area contributed by atoms with Gasteiger partial charge in [-0.05, 0) is 24.3 Å². The molecule has 0 radical (unpaired) electrons. The smallest absolute Gasteiger partial charge is 0.130 e. The van der Waals surface area contributed by atoms with E-state index in [0.29, 0.717) is 11.4 Å². The molecule has 19 heavy (non-hydrogen) atoms. The van der Waals surface area contributed by atoms with Crippen LogP contribution in [0.2, 0.25) is 0 Å². The van der Waals surface area contributed by atoms with Gasteiger partial charge in [-0.2, -0.15) is 5.26 Å². The zero-order valence-electron chi connectivity index (χ0n) is 10.0. The molecule has 0 aliphatic carbocycles. The second-order valence-electron chi connectivity index (χ2n) is 4.05. The molecule has 0 saturated heterocycles. The number of fused-ring (bicyclic) bond motifs is 1. The Morgan fingerprint density at radius 1 is 1.00 bits per heavy atom. The van der Waals surface area contributed by atoms with Gasteiger partial charge in [-0.3, -0.25) is 4.98 Å². The van der Waals surface area contributed by atoms with Crippen LogP contribution in [0.15, 0.2) is 54.9 Å². The molecule has 90 valence electrons. The highest BCUT2D eigenvalue weighted by Crippen LogP contribution is 2.23. The summed E-state index contributed by atoms with van der Waals surface area (Å²) in [6, 6.07) is 15.4. The lowest BCUT2D eigenvalue weighted by Crippen LogP contribution is -1.95. The standard InChI is InChI=1S/C15H10N4/c16-9-11-6-7-14(18-10-11)19-13-5-1-3-12-4-2-8-17-15(12)13/h1-8,10H,(H,18,19). The molecule has 0 spiro atoms. The van der Waals surface area contributed by atoms with Gasteiger partial charge in [0.05, 0.1) is 16.8 Å². The van der Waals surface area contributed by atoms with Gasteiger partial charge < -0.3 is 5.32 Å². The largest absolute Gasteiger partial charge is 0.338 e. The maximum absolute atomic E-state index is 8.74. The fourth-order valence-electron chi connectivity index (χ4n) is 1.88. The van der Waals surface area contributed by atoms with Crippen LogP contribution in [0, 0.1) is 11.3 Å². The molecule has 3 rings (SSSR count). The Labute approximate surface area is 110 Å². The lowest BCUT2D eigenvalue weighted by Gasteiger charge is -2.08. The zero-order chi connectivity index (χ0) is 13.1. The van der Waals surface area contributed by atoms with Crippen molar-refractivity contribution in [3.8, 4) is 6.07 Å². The summed E-state index contributed by atoms with van der Waals surface area (Å²) in [5.41, 5.74) is 2.34. The minimum Gasteiger partial charge on any atom is -0.338 e. The summed E-state index contributed by atoms with van der Waals surface area (Å²) in [5, 5.41) is 13.0. The molecule has 2 heterocycles. The summed E-state index contributed by atoms with van der Waals surface area (Å²) >= 11 is 0. The van der Waals surface area contributed by atoms with Crippen LogP contribution in [0.1, 0.15) is 5.56 Å². The van der Waals surface area contributed by atoms with E-state index in [9.17, 15) is 0 Å². The van der Waals surface area contributed by atoms with Gasteiger partial charge in [0, 0.05) is 17.8 Å². The first-order chi connectivity index (χ1) is 9.36. The van der Waals surface area contributed by atoms with Crippen molar-refractivity contribution in [3.63, 3.8) is 0 Å². The van der Waals surface area contributed by atoms with Crippen molar-refractivity contribution >= 4 is 22.4 Å². The van der Waals surface area contributed by atoms with Crippen molar-refractivity contribution in [2.24, 2.45) is 0 Å². The molecule has 0 fully saturated rings. The van der Waals surface area contributed by atoms with Crippen molar-refractivity contribution in [2.45, 2.75) is 0 Å². The number of para-hydroxylation sites is 1. The fourth-order valence-corrected chi connectivity index (χ4v) is 1.88. The van der Waals surface area contributed by atoms with Crippen molar-refractivity contribution in [3.05, 3.63) is 60.4 Å². The number of aromatic nitrogens is 2. The maximum atomic E-state index is 8.74. The van der Waals surface area contributed by atoms with Crippen molar-refractivity contribution < 1.29 is 0 Å². The number of hydrogen-bond donors (Lipinski definition) is 1. The second kappa shape index (κ2) is 4.75. The number of nitrogens with zero attached hydrogens (tertiary/aromatic N) is 3. The van der Waals surface area contributed by atoms with Crippen molar-refractivity contribution in [1.29, 1.82) is 5.26 Å². The first-order valence-corrected chi connectivity index (χ1v) is 5.84. The molecule has 4 nitrogen and oxygen atoms in total. The quantitative estimate of drug-likeness (QED) is 0.754. The third-order valence-corrected chi connectivity index (χ3v) is 2.79. The van der Waals surface area contributed by atoms with Crippen LogP contribution in [0.5, 0.6) is 0 Å². The average Bonchev–Trinajstić information content (AvgIpc) is 2.48. The van der Waals surface area contributed by atoms with Gasteiger partial charge in [-0.1, -0.05) is 18.2 Å². The van der Waals surface area contributed by atoms with Crippen LogP contribution in [-0.2, 0) is 0 Å². The van der Waals surface area contributed by atoms with Crippen LogP contribution in [0.3, 0.4) is 0 Å². The molecule has 1 N–H and O–H groups in total. The Morgan fingerprint density at radius 2 is 1.89 bits per heavy atom. The van der Waals surface area contributed by atoms with Gasteiger partial charge >= 0.3 is 0 Å². The minimum absolute atomic E-state index is 0.543. The second-order valence-corrected chi connectivity index (χ2v) is 4.05. The van der Waals surface area contributed by atoms with Crippen LogP contribution >= 0.6 is 0 Å². The molecule has 0 bridgehead atoms. The Hall–Kier alpha value is -2.93. The van der Waals surface area contributed by atoms with E-state index in [-0.39, 0.29) is 0 Å². The lowest BCUT2D eigenvalue weighted by molar-refractivity contribution is 1.28. The van der Waals surface area contributed by atoms with Gasteiger partial charge in [-0.15, -0.1) is 0 Å². The SMILES string of the molecule is N#Cc1ccc(Nc2cccc3cccnc23)nc1. The Bertz CT molecular complexity index is 752. The highest BCUT2D eigenvalue weighted by atomic mass is 15.0. The van der Waals surface area contributed by atoms with E-state index >= 15 is 0 Å². The highest BCUT2D eigenvalue weighted by molar-refractivity contribution is 5.91. The first kappa shape index (κ1) is 11.2. The molecule has 1 aromatic carbocycles. The summed E-state index contributed by atoms with van der Waals surface area (Å²) in [5.74, 6) is 0.692. The Balaban J connectivity index is 1.99. The van der Waals surface area contributed by atoms with Crippen LogP contribution in [0.25, 0.3) is 10.9 Å². The van der Waals surface area contributed by atoms with E-state index in [1.807, 2.05) is 36.4 Å². The summed E-state index contributed by atoms with van der Waals surface area (Å²) in [4.78, 5) is 8.56. The molecule has 0 amide bonds. The van der Waals surface area contributed by atoms with Crippen molar-refractivity contribution in [1.82, 2.24) is 9.97 Å². The van der Waals surface area contributed by atoms with E-state index in [0.717, 1.165) is 16.6 Å². The monoisotopic (exact) mass is 246 g/mol. The number of hydrogen-bond acceptors (Lipinski definition) is 4. The molecular weight excluding hydrogens is 236 g/mol. The Morgan fingerprint density at radius 3 is 2.68 bits per heavy atom. The molecule has 0 unspecified atom stereocenters. The third kappa shape index (κ3) is 2.22. The average molecular weight is 246 g/mol. The summed E-state index contributed by atoms with van der Waals surface area (Å²) in [6.07, 6.45) is 3.31. The molecule has 2 aromatic heterocycles. The van der Waals surface area contributed by atoms with Gasteiger partial charge in [0.2, 0.25) is 0 Å². The van der Waals surface area contributed by atoms with E-state index < -0.39 is 0 Å². The number of benzene rings is 1. The molecule has 0 atom stereocenters. The van der Waals surface area contributed by atoms with E-state index in [1.54, 1.807) is 24.5 Å². The van der Waals surface area contributed by atoms with Gasteiger partial charge in [-0.25, -0.2) is 4.98 Å². The molecule has 3 aromatic rings. The predicted octanol–water partition coefficient (Wildman–Crippen LogP) is 3.25. The maximum Gasteiger partial charge on any atom is 0.130 e. The van der Waals surface area contributed by atoms with Gasteiger partial charge in [0.15, 0.2) is 0 Å². The first-order valence-electron chi connectivity index (χ1n) is 5.84. The lowest BCUT2D eigenvalue weighted by atomic mass is 10.2. The number of anilines is 2. The van der Waals surface area contributed by atoms with Crippen LogP contribution < -0.4 is 5.32 Å². The summed E-state index contributed by atoms with van der Waals surface area (Å²) < 4.78 is 0. The van der Waals surface area contributed by atoms with Gasteiger partial charge in [0.1, 0.15) is 11.9 Å². The molecule has 0 saturated carbocycles. The van der Waals surface area contributed by atoms with E-state index in [1.165, 1.54) is 0 Å². The predicted molar refractivity (Wildman–Crippen MR) is 74.0 cm³/mol. The molecule has 4 heteroatoms. The molecule has 0 aliphatic heterocycles. The van der Waals surface area contributed by atoms with Crippen molar-refractivity contribution in [2.75, 3.05) is 5.32 Å². The molecule has 0 aliphatic rings. The molecular formula is C15H10N4. The van der Waals surface area contributed by atoms with E-state index in [4.69, 9.17) is 5.26 Å². The zero-order valence-corrected chi connectivity index (χ0v) is 10.0. The number of nitriles is 1. The van der Waals surface area contributed by atoms with Gasteiger partial charge in [0.25, 0.3) is 0 Å². The topological polar surface area (TPSA) is 61.6 Å². The Kier molecular flexibility index (Phi) is 2.79. The number of nitrogens with one attached hydrogen (secondary N) is 1. The van der Waals surface area contributed by atoms with Crippen LogP contribution in [0.4, 0.5) is 11.5 Å². The number of pyridine rings is 2. The number of rotatable bonds is 2. The summed E-state index contributed by atoms with van der Waals surface area (Å²) in [6.45, 7) is 0.